The smallest absolute Gasteiger partial charge is 0.268 e. The van der Waals surface area contributed by atoms with Gasteiger partial charge in [0, 0.05) is 49.8 Å². The van der Waals surface area contributed by atoms with Crippen LogP contribution in [0.15, 0.2) is 224 Å². The summed E-state index contributed by atoms with van der Waals surface area (Å²) in [6.45, 7) is 4.37. The van der Waals surface area contributed by atoms with Gasteiger partial charge < -0.3 is 13.9 Å². The molecule has 12 rings (SSSR count). The fourth-order valence-electron chi connectivity index (χ4n) is 9.06. The van der Waals surface area contributed by atoms with Crippen molar-refractivity contribution >= 4 is 32.8 Å². The van der Waals surface area contributed by atoms with Gasteiger partial charge in [-0.05, 0) is 73.6 Å². The molecule has 0 radical (unpaired) electrons. The fourth-order valence-corrected chi connectivity index (χ4v) is 9.06. The number of para-hydroxylation sites is 3. The van der Waals surface area contributed by atoms with Gasteiger partial charge in [-0.25, -0.2) is 4.98 Å². The molecule has 3 aromatic heterocycles. The number of imidazole rings is 1. The molecule has 5 nitrogen and oxygen atoms in total. The predicted octanol–water partition coefficient (Wildman–Crippen LogP) is 15.4. The van der Waals surface area contributed by atoms with Crippen LogP contribution in [-0.2, 0) is 21.1 Å². The molecular weight excluding hydrogens is 1020 g/mol. The van der Waals surface area contributed by atoms with Gasteiger partial charge in [-0.1, -0.05) is 195 Å². The van der Waals surface area contributed by atoms with Crippen molar-refractivity contribution in [3.63, 3.8) is 0 Å². The maximum absolute atomic E-state index is 9.05. The Morgan fingerprint density at radius 3 is 1.91 bits per heavy atom. The molecule has 0 bridgehead atoms. The maximum Gasteiger partial charge on any atom is 0.268 e. The van der Waals surface area contributed by atoms with Gasteiger partial charge in [-0.15, -0.1) is 29.7 Å². The van der Waals surface area contributed by atoms with Crippen LogP contribution in [0.4, 0.5) is 0 Å². The summed E-state index contributed by atoms with van der Waals surface area (Å²) in [7, 11) is 0. The summed E-state index contributed by atoms with van der Waals surface area (Å²) in [6, 6.07) is 52.3. The molecule has 0 fully saturated rings. The van der Waals surface area contributed by atoms with Gasteiger partial charge in [0.25, 0.3) is 6.33 Å². The molecule has 0 N–H and O–H groups in total. The second-order valence-electron chi connectivity index (χ2n) is 16.6. The largest absolute Gasteiger partial charge is 0.510 e. The molecule has 0 unspecified atom stereocenters. The van der Waals surface area contributed by atoms with E-state index in [1.165, 1.54) is 0 Å². The average Bonchev–Trinajstić information content (AvgIpc) is 4.25. The summed E-state index contributed by atoms with van der Waals surface area (Å²) in [4.78, 5) is 5.12. The van der Waals surface area contributed by atoms with E-state index in [1.807, 2.05) is 91.1 Å². The summed E-state index contributed by atoms with van der Waals surface area (Å²) in [6.07, 6.45) is 5.37. The van der Waals surface area contributed by atoms with Crippen molar-refractivity contribution in [1.29, 1.82) is 0 Å². The summed E-state index contributed by atoms with van der Waals surface area (Å²) >= 11 is 0. The van der Waals surface area contributed by atoms with Crippen molar-refractivity contribution in [2.24, 2.45) is 0 Å². The van der Waals surface area contributed by atoms with E-state index in [4.69, 9.17) is 23.4 Å². The van der Waals surface area contributed by atoms with Crippen molar-refractivity contribution in [2.75, 3.05) is 0 Å². The summed E-state index contributed by atoms with van der Waals surface area (Å²) in [5.41, 5.74) is 8.96. The molecule has 0 aliphatic carbocycles. The Balaban J connectivity index is 0.00000660. The van der Waals surface area contributed by atoms with Crippen LogP contribution in [0.2, 0.25) is 0 Å². The van der Waals surface area contributed by atoms with Gasteiger partial charge in [0.1, 0.15) is 5.82 Å². The topological polar surface area (TPSA) is 35.9 Å². The molecule has 334 valence electrons. The summed E-state index contributed by atoms with van der Waals surface area (Å²) in [5, 5.41) is 1.98. The van der Waals surface area contributed by atoms with Crippen LogP contribution in [0.1, 0.15) is 39.0 Å². The second kappa shape index (κ2) is 18.5. The number of nitrogens with zero attached hydrogens (tertiary/aromatic N) is 4. The number of hydrogen-bond acceptors (Lipinski definition) is 2. The monoisotopic (exact) mass is 1080 g/mol. The molecule has 0 spiro atoms. The number of pyridine rings is 1. The number of rotatable bonds is 10. The van der Waals surface area contributed by atoms with Gasteiger partial charge >= 0.3 is 0 Å². The molecular formula is C63H44N4OPt-2. The zero-order valence-corrected chi connectivity index (χ0v) is 39.5. The number of ether oxygens (including phenoxy) is 1. The molecule has 0 saturated carbocycles. The summed E-state index contributed by atoms with van der Waals surface area (Å²) in [5.74, 6) is 1.69. The Hall–Kier alpha value is -8.11. The Kier molecular flexibility index (Phi) is 8.96. The quantitative estimate of drug-likeness (QED) is 0.101. The van der Waals surface area contributed by atoms with E-state index in [0.29, 0.717) is 28.2 Å². The molecule has 69 heavy (non-hydrogen) atoms. The molecule has 12 aromatic rings. The van der Waals surface area contributed by atoms with E-state index >= 15 is 0 Å². The third kappa shape index (κ3) is 8.05. The van der Waals surface area contributed by atoms with Crippen LogP contribution in [0.25, 0.3) is 94.5 Å². The molecule has 0 aliphatic rings. The van der Waals surface area contributed by atoms with Crippen LogP contribution in [-0.4, -0.2) is 14.1 Å². The Labute approximate surface area is 430 Å². The van der Waals surface area contributed by atoms with E-state index in [2.05, 4.69) is 85.4 Å². The van der Waals surface area contributed by atoms with E-state index in [9.17, 15) is 0 Å². The van der Waals surface area contributed by atoms with E-state index < -0.39 is 60.4 Å². The normalized spacial score (nSPS) is 13.4. The SMILES string of the molecule is [2H]c1c([2H])c([2H])c(-c2cccc(-c3c([2H])c([2H])c([2H])c([2H])c3[2H])c2-[n+]2[c-]n(-c3[c-]c(Oc4[c-]c5c(cc4)c4cc(-c6ccccc6)ccc4n5-c4cc(C(C)C)c(-c5ccccc5)cn4)ccc3)c3ccccc32)c([2H])c1[2H].[Pt]. The standard InChI is InChI=1S/C63H44N4O.Pt/c1-43(2)55-40-62(64-41-57(55)47-25-13-6-14-26-47)67-58-36-33-48(44-19-7-3-8-20-44)37-56(58)54-35-34-51(39-61(54)67)68-50-28-17-27-49(38-50)65-42-66(60-32-16-15-31-59(60)65)63-52(45-21-9-4-10-22-45)29-18-30-53(63)46-23-11-5-12-24-46;/h3-37,40-41,43H,1-2H3;/q-2;/i4D,5D,9D,10D,11D,12D,21D,22D,23D,24D;. The van der Waals surface area contributed by atoms with E-state index in [-0.39, 0.29) is 54.9 Å². The van der Waals surface area contributed by atoms with Gasteiger partial charge in [-0.3, -0.25) is 4.57 Å². The second-order valence-corrected chi connectivity index (χ2v) is 16.6. The number of benzene rings is 9. The van der Waals surface area contributed by atoms with Crippen LogP contribution < -0.4 is 9.30 Å². The first-order valence-corrected chi connectivity index (χ1v) is 22.2. The minimum absolute atomic E-state index is 0. The zero-order chi connectivity index (χ0) is 54.3. The third-order valence-electron chi connectivity index (χ3n) is 12.2. The predicted molar refractivity (Wildman–Crippen MR) is 276 cm³/mol. The van der Waals surface area contributed by atoms with Gasteiger partial charge in [0.2, 0.25) is 0 Å². The first kappa shape index (κ1) is 33.4. The van der Waals surface area contributed by atoms with Crippen molar-refractivity contribution in [3.05, 3.63) is 248 Å². The first-order valence-electron chi connectivity index (χ1n) is 27.2. The summed E-state index contributed by atoms with van der Waals surface area (Å²) < 4.78 is 99.5. The molecule has 0 aliphatic heterocycles. The van der Waals surface area contributed by atoms with Gasteiger partial charge in [0.05, 0.1) is 30.4 Å². The van der Waals surface area contributed by atoms with Crippen molar-refractivity contribution in [3.8, 4) is 73.2 Å². The van der Waals surface area contributed by atoms with E-state index in [0.717, 1.165) is 55.4 Å². The van der Waals surface area contributed by atoms with Crippen molar-refractivity contribution in [1.82, 2.24) is 14.1 Å². The average molecular weight is 1080 g/mol. The van der Waals surface area contributed by atoms with Gasteiger partial charge in [-0.2, -0.15) is 18.2 Å². The molecule has 0 atom stereocenters. The van der Waals surface area contributed by atoms with E-state index in [1.54, 1.807) is 33.4 Å². The van der Waals surface area contributed by atoms with Crippen LogP contribution in [0.5, 0.6) is 11.5 Å². The maximum atomic E-state index is 9.05. The zero-order valence-electron chi connectivity index (χ0n) is 47.2. The van der Waals surface area contributed by atoms with Crippen LogP contribution in [0.3, 0.4) is 0 Å². The molecule has 9 aromatic carbocycles. The van der Waals surface area contributed by atoms with Crippen LogP contribution in [0, 0.1) is 18.5 Å². The molecule has 6 heteroatoms. The molecule has 0 saturated heterocycles. The van der Waals surface area contributed by atoms with Crippen molar-refractivity contribution < 1.29 is 44.1 Å². The number of aromatic nitrogens is 4. The molecule has 0 amide bonds. The number of fused-ring (bicyclic) bond motifs is 4. The number of hydrogen-bond donors (Lipinski definition) is 0. The fraction of sp³-hybridized carbons (Fsp3) is 0.0476. The Morgan fingerprint density at radius 1 is 0.551 bits per heavy atom. The first-order chi connectivity index (χ1) is 37.7. The van der Waals surface area contributed by atoms with Gasteiger partial charge in [0.15, 0.2) is 0 Å². The van der Waals surface area contributed by atoms with Crippen LogP contribution >= 0.6 is 0 Å². The minimum Gasteiger partial charge on any atom is -0.510 e. The van der Waals surface area contributed by atoms with Crippen molar-refractivity contribution in [2.45, 2.75) is 19.8 Å². The third-order valence-corrected chi connectivity index (χ3v) is 12.2. The molecule has 3 heterocycles. The Morgan fingerprint density at radius 2 is 1.20 bits per heavy atom. The minimum atomic E-state index is -0.575. The Bertz CT molecular complexity index is 4270.